The maximum atomic E-state index is 13.2. The van der Waals surface area contributed by atoms with Crippen LogP contribution < -0.4 is 20.7 Å². The molecule has 0 radical (unpaired) electrons. The van der Waals surface area contributed by atoms with E-state index in [4.69, 9.17) is 9.84 Å². The molecule has 10 nitrogen and oxygen atoms in total. The van der Waals surface area contributed by atoms with Gasteiger partial charge in [-0.3, -0.25) is 14.4 Å². The molecular weight excluding hydrogens is 512 g/mol. The van der Waals surface area contributed by atoms with Crippen LogP contribution in [0.1, 0.15) is 37.8 Å². The van der Waals surface area contributed by atoms with Gasteiger partial charge in [0.1, 0.15) is 24.1 Å². The van der Waals surface area contributed by atoms with Crippen molar-refractivity contribution < 1.29 is 29.3 Å². The van der Waals surface area contributed by atoms with Crippen LogP contribution in [0.5, 0.6) is 11.5 Å². The fraction of sp³-hybridized carbons (Fsp3) is 0.500. The molecule has 3 unspecified atom stereocenters. The number of aryl methyl sites for hydroxylation is 2. The van der Waals surface area contributed by atoms with E-state index >= 15 is 0 Å². The van der Waals surface area contributed by atoms with Crippen molar-refractivity contribution in [2.75, 3.05) is 39.9 Å². The van der Waals surface area contributed by atoms with Crippen LogP contribution >= 0.6 is 0 Å². The van der Waals surface area contributed by atoms with Crippen molar-refractivity contribution in [3.63, 3.8) is 0 Å². The van der Waals surface area contributed by atoms with Crippen LogP contribution in [0.15, 0.2) is 48.5 Å². The number of aliphatic hydroxyl groups is 1. The summed E-state index contributed by atoms with van der Waals surface area (Å²) >= 11 is 0. The quantitative estimate of drug-likeness (QED) is 0.388. The zero-order valence-corrected chi connectivity index (χ0v) is 24.0. The summed E-state index contributed by atoms with van der Waals surface area (Å²) in [6.07, 6.45) is 2.23. The molecule has 3 rings (SSSR count). The molecular formula is C30H44N4O6. The highest BCUT2D eigenvalue weighted by molar-refractivity contribution is 5.92. The molecule has 0 spiro atoms. The topological polar surface area (TPSA) is 140 Å². The minimum Gasteiger partial charge on any atom is -0.508 e. The summed E-state index contributed by atoms with van der Waals surface area (Å²) in [5, 5.41) is 27.1. The van der Waals surface area contributed by atoms with E-state index in [2.05, 4.69) is 16.0 Å². The van der Waals surface area contributed by atoms with Crippen molar-refractivity contribution in [1.29, 1.82) is 0 Å². The highest BCUT2D eigenvalue weighted by atomic mass is 16.5. The highest BCUT2D eigenvalue weighted by Crippen LogP contribution is 2.19. The zero-order chi connectivity index (χ0) is 29.5. The number of phenols is 1. The second-order valence-electron chi connectivity index (χ2n) is 9.93. The molecule has 0 fully saturated rings. The summed E-state index contributed by atoms with van der Waals surface area (Å²) in [6, 6.07) is 13.3. The first-order valence-corrected chi connectivity index (χ1v) is 13.8. The van der Waals surface area contributed by atoms with Crippen LogP contribution in [0.3, 0.4) is 0 Å². The molecule has 3 amide bonds. The van der Waals surface area contributed by atoms with E-state index in [9.17, 15) is 19.5 Å². The lowest BCUT2D eigenvalue weighted by Gasteiger charge is -2.32. The van der Waals surface area contributed by atoms with Gasteiger partial charge in [-0.15, -0.1) is 0 Å². The Labute approximate surface area is 237 Å². The minimum atomic E-state index is -1.08. The number of nitrogens with one attached hydrogen (secondary N) is 3. The van der Waals surface area contributed by atoms with E-state index in [1.165, 1.54) is 17.5 Å². The summed E-state index contributed by atoms with van der Waals surface area (Å²) in [5.74, 6) is -0.0578. The molecule has 10 heteroatoms. The van der Waals surface area contributed by atoms with Gasteiger partial charge in [-0.1, -0.05) is 56.2 Å². The molecule has 1 aliphatic heterocycles. The third-order valence-corrected chi connectivity index (χ3v) is 6.87. The van der Waals surface area contributed by atoms with E-state index in [1.807, 2.05) is 57.2 Å². The maximum absolute atomic E-state index is 13.2. The van der Waals surface area contributed by atoms with Crippen molar-refractivity contribution in [2.24, 2.45) is 5.92 Å². The fourth-order valence-electron chi connectivity index (χ4n) is 4.15. The third-order valence-electron chi connectivity index (χ3n) is 6.87. The number of phenolic OH excluding ortho intramolecular Hbond substituents is 1. The van der Waals surface area contributed by atoms with Crippen molar-refractivity contribution in [2.45, 2.75) is 52.1 Å². The highest BCUT2D eigenvalue weighted by Gasteiger charge is 2.33. The third kappa shape index (κ3) is 10.5. The van der Waals surface area contributed by atoms with Crippen molar-refractivity contribution >= 4 is 17.7 Å². The fourth-order valence-corrected chi connectivity index (χ4v) is 4.15. The average molecular weight is 557 g/mol. The Hall–Kier alpha value is -3.63. The van der Waals surface area contributed by atoms with E-state index < -0.39 is 24.6 Å². The molecule has 2 aromatic rings. The summed E-state index contributed by atoms with van der Waals surface area (Å²) < 4.78 is 5.96. The van der Waals surface area contributed by atoms with Crippen molar-refractivity contribution in [3.05, 3.63) is 59.7 Å². The Morgan fingerprint density at radius 2 is 1.75 bits per heavy atom. The van der Waals surface area contributed by atoms with Crippen LogP contribution in [0, 0.1) is 12.8 Å². The zero-order valence-electron chi connectivity index (χ0n) is 24.0. The van der Waals surface area contributed by atoms with Gasteiger partial charge in [-0.05, 0) is 49.4 Å². The van der Waals surface area contributed by atoms with Gasteiger partial charge in [0.15, 0.2) is 0 Å². The number of rotatable bonds is 3. The number of para-hydroxylation sites is 1. The summed E-state index contributed by atoms with van der Waals surface area (Å²) in [6.45, 7) is 6.47. The molecule has 220 valence electrons. The number of carbonyl (C=O) groups is 3. The Balaban J connectivity index is 0.000000598. The van der Waals surface area contributed by atoms with Gasteiger partial charge in [0.25, 0.3) is 0 Å². The van der Waals surface area contributed by atoms with Gasteiger partial charge >= 0.3 is 0 Å². The van der Waals surface area contributed by atoms with Crippen LogP contribution in [-0.4, -0.2) is 84.8 Å². The lowest BCUT2D eigenvalue weighted by atomic mass is 9.97. The number of nitrogens with zero attached hydrogens (tertiary/aromatic N) is 1. The van der Waals surface area contributed by atoms with Gasteiger partial charge < -0.3 is 35.8 Å². The molecule has 0 bridgehead atoms. The molecule has 2 aromatic carbocycles. The number of amides is 3. The van der Waals surface area contributed by atoms with E-state index in [0.717, 1.165) is 30.6 Å². The number of carbonyl (C=O) groups excluding carboxylic acids is 3. The SMILES string of the molecule is CCC(C)C1NCCOc2ccccc2CCCNC(=O)CNC(=O)C(CO)N(C)C1=O.Cc1ccc(O)cc1. The second-order valence-corrected chi connectivity index (χ2v) is 9.93. The number of ether oxygens (including phenoxy) is 1. The van der Waals surface area contributed by atoms with Gasteiger partial charge in [0.2, 0.25) is 17.7 Å². The summed E-state index contributed by atoms with van der Waals surface area (Å²) in [5.41, 5.74) is 2.22. The molecule has 1 aliphatic rings. The van der Waals surface area contributed by atoms with E-state index in [-0.39, 0.29) is 24.3 Å². The summed E-state index contributed by atoms with van der Waals surface area (Å²) in [4.78, 5) is 39.0. The average Bonchev–Trinajstić information content (AvgIpc) is 2.96. The number of hydrogen-bond acceptors (Lipinski definition) is 7. The van der Waals surface area contributed by atoms with Crippen LogP contribution in [0.25, 0.3) is 0 Å². The summed E-state index contributed by atoms with van der Waals surface area (Å²) in [7, 11) is 1.49. The normalized spacial score (nSPS) is 20.3. The van der Waals surface area contributed by atoms with Gasteiger partial charge in [-0.25, -0.2) is 0 Å². The number of aliphatic hydroxyl groups excluding tert-OH is 1. The predicted octanol–water partition coefficient (Wildman–Crippen LogP) is 1.77. The number of benzene rings is 2. The maximum Gasteiger partial charge on any atom is 0.245 e. The standard InChI is InChI=1S/C23H36N4O5.C7H8O/c1-4-16(2)21-23(31)27(3)18(15-28)22(30)26-14-20(29)24-11-7-9-17-8-5-6-10-19(17)32-13-12-25-21;1-6-2-4-7(8)5-3-6/h5-6,8,10,16,18,21,25,28H,4,7,9,11-15H2,1-3H3,(H,24,29)(H,26,30);2-5,8H,1H3. The molecule has 1 heterocycles. The number of fused-ring (bicyclic) bond motifs is 1. The van der Waals surface area contributed by atoms with E-state index in [1.54, 1.807) is 12.1 Å². The lowest BCUT2D eigenvalue weighted by molar-refractivity contribution is -0.143. The first-order chi connectivity index (χ1) is 19.2. The Morgan fingerprint density at radius 3 is 2.40 bits per heavy atom. The van der Waals surface area contributed by atoms with Crippen LogP contribution in [0.2, 0.25) is 0 Å². The first kappa shape index (κ1) is 32.6. The smallest absolute Gasteiger partial charge is 0.245 e. The number of likely N-dealkylation sites (N-methyl/N-ethyl adjacent to an activating group) is 1. The molecule has 0 saturated carbocycles. The Bertz CT molecular complexity index is 1060. The van der Waals surface area contributed by atoms with E-state index in [0.29, 0.717) is 25.4 Å². The number of hydrogen-bond donors (Lipinski definition) is 5. The van der Waals surface area contributed by atoms with Crippen LogP contribution in [0.4, 0.5) is 0 Å². The Morgan fingerprint density at radius 1 is 1.05 bits per heavy atom. The molecule has 0 aliphatic carbocycles. The van der Waals surface area contributed by atoms with Gasteiger partial charge in [0, 0.05) is 20.1 Å². The molecule has 0 saturated heterocycles. The number of aromatic hydroxyl groups is 1. The second kappa shape index (κ2) is 17.1. The van der Waals surface area contributed by atoms with Crippen molar-refractivity contribution in [3.8, 4) is 11.5 Å². The minimum absolute atomic E-state index is 0.0102. The largest absolute Gasteiger partial charge is 0.508 e. The first-order valence-electron chi connectivity index (χ1n) is 13.8. The Kier molecular flexibility index (Phi) is 14.0. The monoisotopic (exact) mass is 556 g/mol. The molecule has 40 heavy (non-hydrogen) atoms. The van der Waals surface area contributed by atoms with Crippen LogP contribution in [-0.2, 0) is 20.8 Å². The van der Waals surface area contributed by atoms with Crippen molar-refractivity contribution in [1.82, 2.24) is 20.9 Å². The predicted molar refractivity (Wildman–Crippen MR) is 154 cm³/mol. The molecule has 3 atom stereocenters. The molecule has 5 N–H and O–H groups in total. The lowest BCUT2D eigenvalue weighted by Crippen LogP contribution is -2.57. The molecule has 0 aromatic heterocycles. The van der Waals surface area contributed by atoms with Gasteiger partial charge in [0.05, 0.1) is 19.2 Å². The van der Waals surface area contributed by atoms with Gasteiger partial charge in [-0.2, -0.15) is 0 Å².